The number of carbonyl (C=O) groups excluding carboxylic acids is 2. The van der Waals surface area contributed by atoms with E-state index in [2.05, 4.69) is 4.74 Å². The monoisotopic (exact) mass is 281 g/mol. The lowest BCUT2D eigenvalue weighted by atomic mass is 10.2. The fraction of sp³-hybridized carbons (Fsp3) is 0.571. The van der Waals surface area contributed by atoms with Gasteiger partial charge in [-0.3, -0.25) is 9.59 Å². The topological polar surface area (TPSA) is 77.6 Å². The second-order valence-corrected chi connectivity index (χ2v) is 4.76. The highest BCUT2D eigenvalue weighted by Crippen LogP contribution is 2.13. The standard InChI is InChI=1S/C14H23N3O3/c1-4-7-17-10-11(15)9-12(17)14(19)16(2)8-5-6-13(18)20-3/h9-10H,4-8,15H2,1-3H3. The minimum absolute atomic E-state index is 0.0833. The van der Waals surface area contributed by atoms with Gasteiger partial charge in [0.05, 0.1) is 12.8 Å². The van der Waals surface area contributed by atoms with Gasteiger partial charge in [0.2, 0.25) is 0 Å². The van der Waals surface area contributed by atoms with Crippen LogP contribution in [0.5, 0.6) is 0 Å². The van der Waals surface area contributed by atoms with E-state index in [-0.39, 0.29) is 11.9 Å². The molecule has 0 atom stereocenters. The molecule has 0 unspecified atom stereocenters. The van der Waals surface area contributed by atoms with Gasteiger partial charge in [-0.15, -0.1) is 0 Å². The Morgan fingerprint density at radius 3 is 2.75 bits per heavy atom. The first-order valence-electron chi connectivity index (χ1n) is 6.77. The lowest BCUT2D eigenvalue weighted by molar-refractivity contribution is -0.140. The summed E-state index contributed by atoms with van der Waals surface area (Å²) in [4.78, 5) is 25.0. The van der Waals surface area contributed by atoms with E-state index in [0.717, 1.165) is 13.0 Å². The first-order chi connectivity index (χ1) is 9.49. The predicted octanol–water partition coefficient (Wildman–Crippen LogP) is 1.51. The Bertz CT molecular complexity index is 468. The Kier molecular flexibility index (Phi) is 6.09. The molecule has 1 rings (SSSR count). The summed E-state index contributed by atoms with van der Waals surface area (Å²) >= 11 is 0. The molecule has 6 heteroatoms. The van der Waals surface area contributed by atoms with Gasteiger partial charge in [0.25, 0.3) is 5.91 Å². The zero-order valence-corrected chi connectivity index (χ0v) is 12.4. The van der Waals surface area contributed by atoms with E-state index in [1.807, 2.05) is 11.5 Å². The molecule has 0 aliphatic heterocycles. The molecule has 2 N–H and O–H groups in total. The first-order valence-corrected chi connectivity index (χ1v) is 6.77. The summed E-state index contributed by atoms with van der Waals surface area (Å²) in [5.74, 6) is -0.343. The predicted molar refractivity (Wildman–Crippen MR) is 77.3 cm³/mol. The molecule has 1 heterocycles. The van der Waals surface area contributed by atoms with Crippen LogP contribution in [0.15, 0.2) is 12.3 Å². The zero-order valence-electron chi connectivity index (χ0n) is 12.4. The fourth-order valence-corrected chi connectivity index (χ4v) is 2.00. The minimum Gasteiger partial charge on any atom is -0.469 e. The van der Waals surface area contributed by atoms with Crippen molar-refractivity contribution in [3.63, 3.8) is 0 Å². The summed E-state index contributed by atoms with van der Waals surface area (Å²) in [5.41, 5.74) is 6.93. The summed E-state index contributed by atoms with van der Waals surface area (Å²) < 4.78 is 6.44. The van der Waals surface area contributed by atoms with Crippen molar-refractivity contribution in [3.8, 4) is 0 Å². The molecule has 0 fully saturated rings. The first kappa shape index (κ1) is 16.1. The van der Waals surface area contributed by atoms with Crippen LogP contribution in [0.4, 0.5) is 5.69 Å². The fourth-order valence-electron chi connectivity index (χ4n) is 2.00. The summed E-state index contributed by atoms with van der Waals surface area (Å²) in [6.07, 6.45) is 3.60. The van der Waals surface area contributed by atoms with Crippen LogP contribution in [0.3, 0.4) is 0 Å². The molecule has 0 spiro atoms. The van der Waals surface area contributed by atoms with Crippen LogP contribution in [0, 0.1) is 0 Å². The maximum atomic E-state index is 12.3. The molecule has 0 aliphatic carbocycles. The van der Waals surface area contributed by atoms with Crippen molar-refractivity contribution in [2.75, 3.05) is 26.4 Å². The van der Waals surface area contributed by atoms with Crippen LogP contribution in [-0.2, 0) is 16.1 Å². The number of rotatable bonds is 7. The number of methoxy groups -OCH3 is 1. The maximum absolute atomic E-state index is 12.3. The normalized spacial score (nSPS) is 10.3. The largest absolute Gasteiger partial charge is 0.469 e. The van der Waals surface area contributed by atoms with Crippen LogP contribution in [0.2, 0.25) is 0 Å². The Morgan fingerprint density at radius 2 is 2.15 bits per heavy atom. The van der Waals surface area contributed by atoms with E-state index in [1.165, 1.54) is 7.11 Å². The summed E-state index contributed by atoms with van der Waals surface area (Å²) in [6, 6.07) is 1.69. The highest BCUT2D eigenvalue weighted by molar-refractivity contribution is 5.93. The summed E-state index contributed by atoms with van der Waals surface area (Å²) in [5, 5.41) is 0. The van der Waals surface area contributed by atoms with Gasteiger partial charge >= 0.3 is 5.97 Å². The Balaban J connectivity index is 2.62. The average molecular weight is 281 g/mol. The third-order valence-corrected chi connectivity index (χ3v) is 3.05. The van der Waals surface area contributed by atoms with Gasteiger partial charge in [-0.2, -0.15) is 0 Å². The Morgan fingerprint density at radius 1 is 1.45 bits per heavy atom. The van der Waals surface area contributed by atoms with Crippen LogP contribution < -0.4 is 5.73 Å². The van der Waals surface area contributed by atoms with Gasteiger partial charge in [-0.05, 0) is 18.9 Å². The van der Waals surface area contributed by atoms with Crippen LogP contribution >= 0.6 is 0 Å². The minimum atomic E-state index is -0.260. The number of esters is 1. The lowest BCUT2D eigenvalue weighted by Gasteiger charge is -2.18. The van der Waals surface area contributed by atoms with Crippen LogP contribution in [0.1, 0.15) is 36.7 Å². The number of nitrogens with two attached hydrogens (primary N) is 1. The molecule has 0 aromatic carbocycles. The number of carbonyl (C=O) groups is 2. The van der Waals surface area contributed by atoms with Crippen molar-refractivity contribution in [1.82, 2.24) is 9.47 Å². The van der Waals surface area contributed by atoms with Crippen LogP contribution in [0.25, 0.3) is 0 Å². The molecule has 0 saturated heterocycles. The molecule has 20 heavy (non-hydrogen) atoms. The molecule has 1 aromatic heterocycles. The van der Waals surface area contributed by atoms with Crippen molar-refractivity contribution < 1.29 is 14.3 Å². The molecule has 0 aliphatic rings. The number of hydrogen-bond donors (Lipinski definition) is 1. The SMILES string of the molecule is CCCn1cc(N)cc1C(=O)N(C)CCCC(=O)OC. The van der Waals surface area contributed by atoms with Crippen molar-refractivity contribution in [3.05, 3.63) is 18.0 Å². The maximum Gasteiger partial charge on any atom is 0.305 e. The zero-order chi connectivity index (χ0) is 15.1. The number of hydrogen-bond acceptors (Lipinski definition) is 4. The number of nitrogen functional groups attached to an aromatic ring is 1. The number of nitrogens with zero attached hydrogens (tertiary/aromatic N) is 2. The molecule has 1 amide bonds. The second kappa shape index (κ2) is 7.57. The summed E-state index contributed by atoms with van der Waals surface area (Å²) in [6.45, 7) is 3.31. The molecule has 1 aromatic rings. The average Bonchev–Trinajstić information content (AvgIpc) is 2.78. The molecule has 112 valence electrons. The smallest absolute Gasteiger partial charge is 0.305 e. The van der Waals surface area contributed by atoms with Gasteiger partial charge in [-0.25, -0.2) is 0 Å². The van der Waals surface area contributed by atoms with Crippen molar-refractivity contribution in [2.24, 2.45) is 0 Å². The van der Waals surface area contributed by atoms with Crippen molar-refractivity contribution in [2.45, 2.75) is 32.7 Å². The Labute approximate surface area is 119 Å². The van der Waals surface area contributed by atoms with E-state index in [4.69, 9.17) is 5.73 Å². The van der Waals surface area contributed by atoms with E-state index >= 15 is 0 Å². The van der Waals surface area contributed by atoms with E-state index in [1.54, 1.807) is 24.2 Å². The quantitative estimate of drug-likeness (QED) is 0.768. The summed E-state index contributed by atoms with van der Waals surface area (Å²) in [7, 11) is 3.08. The number of anilines is 1. The van der Waals surface area contributed by atoms with Crippen molar-refractivity contribution in [1.29, 1.82) is 0 Å². The second-order valence-electron chi connectivity index (χ2n) is 4.76. The number of ether oxygens (including phenoxy) is 1. The van der Waals surface area contributed by atoms with Crippen molar-refractivity contribution >= 4 is 17.6 Å². The Hall–Kier alpha value is -1.98. The molecule has 6 nitrogen and oxygen atoms in total. The lowest BCUT2D eigenvalue weighted by Crippen LogP contribution is -2.30. The molecule has 0 saturated carbocycles. The molecular weight excluding hydrogens is 258 g/mol. The van der Waals surface area contributed by atoms with E-state index in [0.29, 0.717) is 30.8 Å². The van der Waals surface area contributed by atoms with E-state index in [9.17, 15) is 9.59 Å². The van der Waals surface area contributed by atoms with Gasteiger partial charge in [-0.1, -0.05) is 6.92 Å². The van der Waals surface area contributed by atoms with Gasteiger partial charge in [0.15, 0.2) is 0 Å². The third-order valence-electron chi connectivity index (χ3n) is 3.05. The molecule has 0 radical (unpaired) electrons. The number of aromatic nitrogens is 1. The highest BCUT2D eigenvalue weighted by atomic mass is 16.5. The number of amides is 1. The molecule has 0 bridgehead atoms. The third kappa shape index (κ3) is 4.29. The molecular formula is C14H23N3O3. The van der Waals surface area contributed by atoms with E-state index < -0.39 is 0 Å². The highest BCUT2D eigenvalue weighted by Gasteiger charge is 2.17. The number of aryl methyl sites for hydroxylation is 1. The van der Waals surface area contributed by atoms with Gasteiger partial charge in [0.1, 0.15) is 5.69 Å². The van der Waals surface area contributed by atoms with Gasteiger partial charge in [0, 0.05) is 32.8 Å². The van der Waals surface area contributed by atoms with Crippen LogP contribution in [-0.4, -0.2) is 42.0 Å². The van der Waals surface area contributed by atoms with Gasteiger partial charge < -0.3 is 19.9 Å².